The van der Waals surface area contributed by atoms with E-state index in [9.17, 15) is 5.11 Å². The summed E-state index contributed by atoms with van der Waals surface area (Å²) < 4.78 is 10.8. The summed E-state index contributed by atoms with van der Waals surface area (Å²) in [5, 5.41) is 11.9. The third kappa shape index (κ3) is 4.61. The van der Waals surface area contributed by atoms with Gasteiger partial charge >= 0.3 is 0 Å². The fraction of sp³-hybridized carbons (Fsp3) is 0.667. The van der Waals surface area contributed by atoms with Crippen LogP contribution in [0, 0.1) is 0 Å². The van der Waals surface area contributed by atoms with E-state index in [-0.39, 0.29) is 6.29 Å². The molecule has 0 bridgehead atoms. The first-order valence-electron chi connectivity index (χ1n) is 5.72. The molecule has 0 spiro atoms. The monoisotopic (exact) mass is 244 g/mol. The van der Waals surface area contributed by atoms with Crippen LogP contribution < -0.4 is 0 Å². The van der Waals surface area contributed by atoms with Crippen molar-refractivity contribution in [2.75, 3.05) is 13.2 Å². The summed E-state index contributed by atoms with van der Waals surface area (Å²) in [5.41, 5.74) is 0. The van der Waals surface area contributed by atoms with E-state index in [1.54, 1.807) is 11.3 Å². The Hall–Kier alpha value is -0.420. The minimum atomic E-state index is -0.400. The van der Waals surface area contributed by atoms with Gasteiger partial charge in [0.2, 0.25) is 0 Å². The molecule has 1 aromatic heterocycles. The van der Waals surface area contributed by atoms with E-state index in [1.807, 2.05) is 31.4 Å². The lowest BCUT2D eigenvalue weighted by Gasteiger charge is -2.18. The minimum Gasteiger partial charge on any atom is -0.388 e. The Balaban J connectivity index is 2.30. The minimum absolute atomic E-state index is 0.190. The van der Waals surface area contributed by atoms with E-state index in [4.69, 9.17) is 9.47 Å². The van der Waals surface area contributed by atoms with Crippen molar-refractivity contribution >= 4 is 11.3 Å². The number of hydrogen-bond donors (Lipinski definition) is 1. The smallest absolute Gasteiger partial charge is 0.157 e. The average Bonchev–Trinajstić information content (AvgIpc) is 2.79. The van der Waals surface area contributed by atoms with E-state index in [2.05, 4.69) is 0 Å². The average molecular weight is 244 g/mol. The van der Waals surface area contributed by atoms with E-state index in [1.165, 1.54) is 0 Å². The van der Waals surface area contributed by atoms with Gasteiger partial charge in [-0.3, -0.25) is 0 Å². The van der Waals surface area contributed by atoms with Crippen molar-refractivity contribution in [2.24, 2.45) is 0 Å². The maximum atomic E-state index is 9.89. The summed E-state index contributed by atoms with van der Waals surface area (Å²) in [4.78, 5) is 1.01. The lowest BCUT2D eigenvalue weighted by atomic mass is 10.1. The lowest BCUT2D eigenvalue weighted by Crippen LogP contribution is -2.18. The first kappa shape index (κ1) is 13.6. The first-order valence-corrected chi connectivity index (χ1v) is 6.60. The number of rotatable bonds is 8. The standard InChI is InChI=1S/C12H20O3S/c1-3-14-12(15-4-2)8-7-10(13)11-6-5-9-16-11/h5-6,9-10,12-13H,3-4,7-8H2,1-2H3/t10-/m0/s1. The maximum absolute atomic E-state index is 9.89. The van der Waals surface area contributed by atoms with E-state index in [0.717, 1.165) is 11.3 Å². The zero-order valence-electron chi connectivity index (χ0n) is 9.89. The molecule has 1 N–H and O–H groups in total. The second-order valence-corrected chi connectivity index (χ2v) is 4.43. The summed E-state index contributed by atoms with van der Waals surface area (Å²) in [6.45, 7) is 5.17. The molecule has 0 aromatic carbocycles. The molecule has 0 fully saturated rings. The van der Waals surface area contributed by atoms with Crippen LogP contribution in [0.25, 0.3) is 0 Å². The van der Waals surface area contributed by atoms with Crippen molar-refractivity contribution in [3.8, 4) is 0 Å². The van der Waals surface area contributed by atoms with Crippen molar-refractivity contribution in [3.05, 3.63) is 22.4 Å². The highest BCUT2D eigenvalue weighted by atomic mass is 32.1. The Morgan fingerprint density at radius 2 is 1.94 bits per heavy atom. The Morgan fingerprint density at radius 3 is 2.44 bits per heavy atom. The molecule has 3 nitrogen and oxygen atoms in total. The molecule has 0 amide bonds. The second-order valence-electron chi connectivity index (χ2n) is 3.45. The number of thiophene rings is 1. The van der Waals surface area contributed by atoms with Crippen LogP contribution in [0.5, 0.6) is 0 Å². The molecule has 0 saturated carbocycles. The van der Waals surface area contributed by atoms with Crippen molar-refractivity contribution < 1.29 is 14.6 Å². The Morgan fingerprint density at radius 1 is 1.25 bits per heavy atom. The SMILES string of the molecule is CCOC(CC[C@H](O)c1cccs1)OCC. The molecule has 1 rings (SSSR count). The second kappa shape index (κ2) is 7.79. The Labute approximate surface area is 101 Å². The van der Waals surface area contributed by atoms with Crippen LogP contribution in [0.15, 0.2) is 17.5 Å². The zero-order chi connectivity index (χ0) is 11.8. The number of aliphatic hydroxyl groups is 1. The fourth-order valence-corrected chi connectivity index (χ4v) is 2.25. The van der Waals surface area contributed by atoms with Gasteiger partial charge in [0.15, 0.2) is 6.29 Å². The highest BCUT2D eigenvalue weighted by molar-refractivity contribution is 7.10. The highest BCUT2D eigenvalue weighted by Crippen LogP contribution is 2.24. The number of hydrogen-bond acceptors (Lipinski definition) is 4. The van der Waals surface area contributed by atoms with Crippen LogP contribution in [0.2, 0.25) is 0 Å². The van der Waals surface area contributed by atoms with Crippen LogP contribution in [0.3, 0.4) is 0 Å². The van der Waals surface area contributed by atoms with Gasteiger partial charge in [0.25, 0.3) is 0 Å². The summed E-state index contributed by atoms with van der Waals surface area (Å²) in [6, 6.07) is 3.90. The van der Waals surface area contributed by atoms with Crippen LogP contribution in [0.4, 0.5) is 0 Å². The van der Waals surface area contributed by atoms with Crippen molar-refractivity contribution in [1.82, 2.24) is 0 Å². The maximum Gasteiger partial charge on any atom is 0.157 e. The molecule has 0 aliphatic carbocycles. The van der Waals surface area contributed by atoms with Gasteiger partial charge in [0.1, 0.15) is 0 Å². The molecule has 1 heterocycles. The van der Waals surface area contributed by atoms with Crippen LogP contribution >= 0.6 is 11.3 Å². The Kier molecular flexibility index (Phi) is 6.64. The van der Waals surface area contributed by atoms with Gasteiger partial charge in [-0.25, -0.2) is 0 Å². The molecule has 0 unspecified atom stereocenters. The summed E-state index contributed by atoms with van der Waals surface area (Å²) >= 11 is 1.58. The quantitative estimate of drug-likeness (QED) is 0.715. The van der Waals surface area contributed by atoms with Gasteiger partial charge in [-0.2, -0.15) is 0 Å². The molecule has 0 saturated heterocycles. The van der Waals surface area contributed by atoms with Gasteiger partial charge in [-0.1, -0.05) is 6.07 Å². The molecule has 1 atom stereocenters. The summed E-state index contributed by atoms with van der Waals surface area (Å²) in [6.07, 6.45) is 0.805. The number of aliphatic hydroxyl groups excluding tert-OH is 1. The molecule has 1 aromatic rings. The summed E-state index contributed by atoms with van der Waals surface area (Å²) in [7, 11) is 0. The third-order valence-corrected chi connectivity index (χ3v) is 3.23. The van der Waals surface area contributed by atoms with Crippen LogP contribution in [-0.2, 0) is 9.47 Å². The molecule has 4 heteroatoms. The van der Waals surface area contributed by atoms with Gasteiger partial charge < -0.3 is 14.6 Å². The zero-order valence-corrected chi connectivity index (χ0v) is 10.7. The van der Waals surface area contributed by atoms with Crippen molar-refractivity contribution in [3.63, 3.8) is 0 Å². The predicted octanol–water partition coefficient (Wildman–Crippen LogP) is 2.96. The Bertz CT molecular complexity index is 255. The lowest BCUT2D eigenvalue weighted by molar-refractivity contribution is -0.143. The van der Waals surface area contributed by atoms with E-state index >= 15 is 0 Å². The van der Waals surface area contributed by atoms with Crippen LogP contribution in [-0.4, -0.2) is 24.6 Å². The van der Waals surface area contributed by atoms with Crippen molar-refractivity contribution in [2.45, 2.75) is 39.1 Å². The first-order chi connectivity index (χ1) is 7.77. The molecule has 16 heavy (non-hydrogen) atoms. The van der Waals surface area contributed by atoms with Crippen LogP contribution in [0.1, 0.15) is 37.7 Å². The predicted molar refractivity (Wildman–Crippen MR) is 65.6 cm³/mol. The third-order valence-electron chi connectivity index (χ3n) is 2.25. The summed E-state index contributed by atoms with van der Waals surface area (Å²) in [5.74, 6) is 0. The molecule has 0 aliphatic heterocycles. The topological polar surface area (TPSA) is 38.7 Å². The highest BCUT2D eigenvalue weighted by Gasteiger charge is 2.13. The van der Waals surface area contributed by atoms with E-state index < -0.39 is 6.10 Å². The molecule has 92 valence electrons. The van der Waals surface area contributed by atoms with Gasteiger partial charge in [-0.15, -0.1) is 11.3 Å². The van der Waals surface area contributed by atoms with Gasteiger partial charge in [0, 0.05) is 24.5 Å². The molecular weight excluding hydrogens is 224 g/mol. The van der Waals surface area contributed by atoms with Crippen molar-refractivity contribution in [1.29, 1.82) is 0 Å². The normalized spacial score (nSPS) is 13.2. The van der Waals surface area contributed by atoms with Gasteiger partial charge in [0.05, 0.1) is 6.10 Å². The van der Waals surface area contributed by atoms with Gasteiger partial charge in [-0.05, 0) is 31.7 Å². The molecular formula is C12H20O3S. The van der Waals surface area contributed by atoms with E-state index in [0.29, 0.717) is 19.6 Å². The fourth-order valence-electron chi connectivity index (χ4n) is 1.50. The number of ether oxygens (including phenoxy) is 2. The molecule has 0 radical (unpaired) electrons. The molecule has 0 aliphatic rings. The largest absolute Gasteiger partial charge is 0.388 e.